The molecule has 0 atom stereocenters. The van der Waals surface area contributed by atoms with Gasteiger partial charge in [-0.15, -0.1) is 5.11 Å². The van der Waals surface area contributed by atoms with E-state index in [2.05, 4.69) is 46.8 Å². The molecule has 0 saturated carbocycles. The molecule has 4 heteroatoms. The van der Waals surface area contributed by atoms with Crippen molar-refractivity contribution in [3.05, 3.63) is 27.8 Å². The van der Waals surface area contributed by atoms with Crippen LogP contribution < -0.4 is 0 Å². The van der Waals surface area contributed by atoms with E-state index in [9.17, 15) is 0 Å². The Morgan fingerprint density at radius 2 is 1.71 bits per heavy atom. The standard InChI is InChI=1S/C10H14IN3/c1-3-14(4-2)13-12-10-7-5-9(11)6-8-10/h5-8H,3-4H2,1-2H3/b13-12-. The van der Waals surface area contributed by atoms with E-state index in [1.54, 1.807) is 0 Å². The van der Waals surface area contributed by atoms with Crippen LogP contribution in [0.2, 0.25) is 0 Å². The highest BCUT2D eigenvalue weighted by Gasteiger charge is 1.93. The van der Waals surface area contributed by atoms with Crippen LogP contribution in [0.3, 0.4) is 0 Å². The number of halogens is 1. The topological polar surface area (TPSA) is 28.0 Å². The SMILES string of the molecule is CCN(CC)/N=N\c1ccc(I)cc1. The lowest BCUT2D eigenvalue weighted by Crippen LogP contribution is -2.14. The van der Waals surface area contributed by atoms with Crippen LogP contribution in [0.15, 0.2) is 34.6 Å². The first-order valence-corrected chi connectivity index (χ1v) is 5.76. The lowest BCUT2D eigenvalue weighted by Gasteiger charge is -2.10. The van der Waals surface area contributed by atoms with Crippen LogP contribution in [0, 0.1) is 3.57 Å². The van der Waals surface area contributed by atoms with E-state index in [0.717, 1.165) is 18.8 Å². The van der Waals surface area contributed by atoms with E-state index in [1.807, 2.05) is 29.3 Å². The van der Waals surface area contributed by atoms with Crippen molar-refractivity contribution in [3.8, 4) is 0 Å². The molecule has 76 valence electrons. The lowest BCUT2D eigenvalue weighted by molar-refractivity contribution is 0.301. The van der Waals surface area contributed by atoms with Crippen molar-refractivity contribution in [1.29, 1.82) is 0 Å². The fourth-order valence-electron chi connectivity index (χ4n) is 0.973. The molecule has 0 unspecified atom stereocenters. The predicted molar refractivity (Wildman–Crippen MR) is 66.6 cm³/mol. The largest absolute Gasteiger partial charge is 0.279 e. The Labute approximate surface area is 98.3 Å². The molecule has 1 aromatic carbocycles. The highest BCUT2D eigenvalue weighted by Crippen LogP contribution is 2.14. The van der Waals surface area contributed by atoms with E-state index < -0.39 is 0 Å². The molecule has 0 aliphatic heterocycles. The zero-order valence-electron chi connectivity index (χ0n) is 8.44. The van der Waals surface area contributed by atoms with E-state index in [-0.39, 0.29) is 0 Å². The van der Waals surface area contributed by atoms with Gasteiger partial charge in [0.25, 0.3) is 0 Å². The fourth-order valence-corrected chi connectivity index (χ4v) is 1.33. The number of hydrogen-bond acceptors (Lipinski definition) is 2. The van der Waals surface area contributed by atoms with Gasteiger partial charge in [0.2, 0.25) is 0 Å². The molecule has 0 saturated heterocycles. The van der Waals surface area contributed by atoms with Gasteiger partial charge >= 0.3 is 0 Å². The Morgan fingerprint density at radius 1 is 1.14 bits per heavy atom. The summed E-state index contributed by atoms with van der Waals surface area (Å²) in [5.41, 5.74) is 0.900. The summed E-state index contributed by atoms with van der Waals surface area (Å²) in [4.78, 5) is 0. The number of rotatable bonds is 4. The lowest BCUT2D eigenvalue weighted by atomic mass is 10.3. The molecule has 3 nitrogen and oxygen atoms in total. The van der Waals surface area contributed by atoms with Gasteiger partial charge in [0.05, 0.1) is 5.69 Å². The average Bonchev–Trinajstić information content (AvgIpc) is 2.22. The third kappa shape index (κ3) is 3.61. The molecule has 0 spiro atoms. The Hall–Kier alpha value is -0.650. The Kier molecular flexibility index (Phi) is 4.86. The highest BCUT2D eigenvalue weighted by molar-refractivity contribution is 14.1. The van der Waals surface area contributed by atoms with Crippen LogP contribution >= 0.6 is 22.6 Å². The fraction of sp³-hybridized carbons (Fsp3) is 0.400. The van der Waals surface area contributed by atoms with Crippen molar-refractivity contribution in [2.75, 3.05) is 13.1 Å². The van der Waals surface area contributed by atoms with E-state index in [4.69, 9.17) is 0 Å². The Morgan fingerprint density at radius 3 is 2.21 bits per heavy atom. The first kappa shape index (κ1) is 11.4. The molecule has 0 aliphatic rings. The average molecular weight is 303 g/mol. The minimum atomic E-state index is 0.893. The second-order valence-electron chi connectivity index (χ2n) is 2.80. The van der Waals surface area contributed by atoms with Crippen molar-refractivity contribution in [2.45, 2.75) is 13.8 Å². The smallest absolute Gasteiger partial charge is 0.0874 e. The molecule has 0 bridgehead atoms. The summed E-state index contributed by atoms with van der Waals surface area (Å²) in [7, 11) is 0. The highest BCUT2D eigenvalue weighted by atomic mass is 127. The summed E-state index contributed by atoms with van der Waals surface area (Å²) < 4.78 is 1.21. The number of nitrogens with zero attached hydrogens (tertiary/aromatic N) is 3. The van der Waals surface area contributed by atoms with Crippen LogP contribution in [0.4, 0.5) is 5.69 Å². The van der Waals surface area contributed by atoms with Crippen molar-refractivity contribution in [2.24, 2.45) is 10.3 Å². The molecule has 0 fully saturated rings. The van der Waals surface area contributed by atoms with Crippen LogP contribution in [-0.4, -0.2) is 18.1 Å². The molecular formula is C10H14IN3. The molecule has 0 amide bonds. The summed E-state index contributed by atoms with van der Waals surface area (Å²) in [5, 5.41) is 10.2. The number of hydrogen-bond donors (Lipinski definition) is 0. The van der Waals surface area contributed by atoms with Gasteiger partial charge in [-0.1, -0.05) is 5.22 Å². The summed E-state index contributed by atoms with van der Waals surface area (Å²) >= 11 is 2.27. The zero-order valence-corrected chi connectivity index (χ0v) is 10.6. The zero-order chi connectivity index (χ0) is 10.4. The Bertz CT molecular complexity index is 291. The minimum Gasteiger partial charge on any atom is -0.279 e. The third-order valence-electron chi connectivity index (χ3n) is 1.84. The summed E-state index contributed by atoms with van der Waals surface area (Å²) in [6.45, 7) is 5.92. The molecule has 1 rings (SSSR count). The first-order valence-electron chi connectivity index (χ1n) is 4.68. The van der Waals surface area contributed by atoms with Gasteiger partial charge in [0.15, 0.2) is 0 Å². The predicted octanol–water partition coefficient (Wildman–Crippen LogP) is 3.63. The monoisotopic (exact) mass is 303 g/mol. The van der Waals surface area contributed by atoms with Crippen molar-refractivity contribution in [1.82, 2.24) is 5.01 Å². The molecule has 0 radical (unpaired) electrons. The van der Waals surface area contributed by atoms with Crippen LogP contribution in [0.5, 0.6) is 0 Å². The van der Waals surface area contributed by atoms with Gasteiger partial charge in [-0.2, -0.15) is 0 Å². The molecule has 14 heavy (non-hydrogen) atoms. The molecule has 0 aromatic heterocycles. The van der Waals surface area contributed by atoms with Crippen LogP contribution in [0.25, 0.3) is 0 Å². The number of benzene rings is 1. The van der Waals surface area contributed by atoms with Gasteiger partial charge < -0.3 is 0 Å². The first-order chi connectivity index (χ1) is 6.76. The second kappa shape index (κ2) is 5.95. The summed E-state index contributed by atoms with van der Waals surface area (Å²) in [6.07, 6.45) is 0. The van der Waals surface area contributed by atoms with E-state index in [0.29, 0.717) is 0 Å². The normalized spacial score (nSPS) is 10.8. The van der Waals surface area contributed by atoms with Crippen molar-refractivity contribution >= 4 is 28.3 Å². The quantitative estimate of drug-likeness (QED) is 0.474. The van der Waals surface area contributed by atoms with Gasteiger partial charge in [0.1, 0.15) is 0 Å². The molecular weight excluding hydrogens is 289 g/mol. The van der Waals surface area contributed by atoms with E-state index in [1.165, 1.54) is 3.57 Å². The Balaban J connectivity index is 2.63. The summed E-state index contributed by atoms with van der Waals surface area (Å²) in [6, 6.07) is 7.98. The van der Waals surface area contributed by atoms with Crippen LogP contribution in [0.1, 0.15) is 13.8 Å². The maximum Gasteiger partial charge on any atom is 0.0874 e. The second-order valence-corrected chi connectivity index (χ2v) is 4.05. The van der Waals surface area contributed by atoms with Crippen molar-refractivity contribution < 1.29 is 0 Å². The molecule has 1 aromatic rings. The molecule has 0 heterocycles. The van der Waals surface area contributed by atoms with Gasteiger partial charge in [-0.05, 0) is 60.7 Å². The third-order valence-corrected chi connectivity index (χ3v) is 2.56. The maximum atomic E-state index is 4.14. The summed E-state index contributed by atoms with van der Waals surface area (Å²) in [5.74, 6) is 0. The van der Waals surface area contributed by atoms with Crippen LogP contribution in [-0.2, 0) is 0 Å². The molecule has 0 N–H and O–H groups in total. The van der Waals surface area contributed by atoms with Gasteiger partial charge in [-0.25, -0.2) is 0 Å². The van der Waals surface area contributed by atoms with Gasteiger partial charge in [0, 0.05) is 16.7 Å². The van der Waals surface area contributed by atoms with Crippen molar-refractivity contribution in [3.63, 3.8) is 0 Å². The molecule has 0 aliphatic carbocycles. The van der Waals surface area contributed by atoms with E-state index >= 15 is 0 Å². The maximum absolute atomic E-state index is 4.14. The minimum absolute atomic E-state index is 0.893. The van der Waals surface area contributed by atoms with Gasteiger partial charge in [-0.3, -0.25) is 5.01 Å².